The molecule has 0 aromatic heterocycles. The Hall–Kier alpha value is -3.43. The Kier molecular flexibility index (Phi) is 7.58. The van der Waals surface area contributed by atoms with E-state index in [1.807, 2.05) is 43.3 Å². The zero-order chi connectivity index (χ0) is 22.2. The minimum atomic E-state index is -0.0817. The summed E-state index contributed by atoms with van der Waals surface area (Å²) in [5.41, 5.74) is 3.07. The lowest BCUT2D eigenvalue weighted by molar-refractivity contribution is -0.126. The summed E-state index contributed by atoms with van der Waals surface area (Å²) in [6.07, 6.45) is 5.45. The molecular formula is C25H28N4O2. The average Bonchev–Trinajstić information content (AvgIpc) is 3.59. The summed E-state index contributed by atoms with van der Waals surface area (Å²) in [6.45, 7) is 1.82. The summed E-state index contributed by atoms with van der Waals surface area (Å²) in [6, 6.07) is 17.0. The van der Waals surface area contributed by atoms with Gasteiger partial charge in [-0.15, -0.1) is 0 Å². The fraction of sp³-hybridized carbons (Fsp3) is 0.320. The number of hydrogen-bond donors (Lipinski definition) is 1. The molecule has 1 N–H and O–H groups in total. The van der Waals surface area contributed by atoms with Gasteiger partial charge >= 0.3 is 0 Å². The van der Waals surface area contributed by atoms with E-state index in [2.05, 4.69) is 11.4 Å². The minimum Gasteiger partial charge on any atom is -0.349 e. The maximum atomic E-state index is 12.9. The smallest absolute Gasteiger partial charge is 0.251 e. The molecule has 31 heavy (non-hydrogen) atoms. The molecule has 0 spiro atoms. The molecule has 2 aromatic rings. The number of amides is 2. The maximum Gasteiger partial charge on any atom is 0.251 e. The molecule has 0 bridgehead atoms. The number of benzene rings is 2. The zero-order valence-electron chi connectivity index (χ0n) is 18.0. The van der Waals surface area contributed by atoms with Crippen molar-refractivity contribution in [1.29, 1.82) is 5.26 Å². The summed E-state index contributed by atoms with van der Waals surface area (Å²) < 4.78 is 0. The van der Waals surface area contributed by atoms with Crippen LogP contribution in [0.4, 0.5) is 0 Å². The number of nitrogens with zero attached hydrogens (tertiary/aromatic N) is 3. The van der Waals surface area contributed by atoms with Crippen molar-refractivity contribution in [3.05, 3.63) is 76.9 Å². The largest absolute Gasteiger partial charge is 0.349 e. The predicted molar refractivity (Wildman–Crippen MR) is 121 cm³/mol. The summed E-state index contributed by atoms with van der Waals surface area (Å²) in [4.78, 5) is 28.8. The SMILES string of the molecule is CN(C)CCN(Cc1ccc(C#N)cc1)C(=O)/C=C/c1ccc(C(=O)NC2CC2)cc1. The van der Waals surface area contributed by atoms with E-state index in [4.69, 9.17) is 5.26 Å². The van der Waals surface area contributed by atoms with Gasteiger partial charge in [-0.2, -0.15) is 5.26 Å². The average molecular weight is 417 g/mol. The van der Waals surface area contributed by atoms with Crippen molar-refractivity contribution in [1.82, 2.24) is 15.1 Å². The molecule has 0 radical (unpaired) electrons. The highest BCUT2D eigenvalue weighted by molar-refractivity contribution is 5.95. The molecular weight excluding hydrogens is 388 g/mol. The van der Waals surface area contributed by atoms with E-state index in [1.165, 1.54) is 0 Å². The van der Waals surface area contributed by atoms with Crippen LogP contribution in [0.5, 0.6) is 0 Å². The summed E-state index contributed by atoms with van der Waals surface area (Å²) in [5.74, 6) is -0.131. The van der Waals surface area contributed by atoms with Gasteiger partial charge in [0.2, 0.25) is 5.91 Å². The molecule has 2 amide bonds. The topological polar surface area (TPSA) is 76.4 Å². The van der Waals surface area contributed by atoms with Crippen molar-refractivity contribution in [2.24, 2.45) is 0 Å². The van der Waals surface area contributed by atoms with Crippen molar-refractivity contribution < 1.29 is 9.59 Å². The standard InChI is InChI=1S/C25H28N4O2/c1-28(2)15-16-29(18-21-5-3-20(17-26)4-6-21)24(30)14-9-19-7-10-22(11-8-19)25(31)27-23-12-13-23/h3-11,14,23H,12-13,15-16,18H2,1-2H3,(H,27,31)/b14-9+. The van der Waals surface area contributed by atoms with Gasteiger partial charge in [-0.25, -0.2) is 0 Å². The van der Waals surface area contributed by atoms with Gasteiger partial charge in [0, 0.05) is 37.3 Å². The van der Waals surface area contributed by atoms with E-state index in [9.17, 15) is 9.59 Å². The fourth-order valence-corrected chi connectivity index (χ4v) is 3.01. The Morgan fingerprint density at radius 3 is 2.32 bits per heavy atom. The Balaban J connectivity index is 1.64. The lowest BCUT2D eigenvalue weighted by Crippen LogP contribution is -2.35. The number of carbonyl (C=O) groups excluding carboxylic acids is 2. The third kappa shape index (κ3) is 7.09. The molecule has 0 saturated heterocycles. The predicted octanol–water partition coefficient (Wildman–Crippen LogP) is 3.05. The van der Waals surface area contributed by atoms with Gasteiger partial charge in [0.1, 0.15) is 0 Å². The maximum absolute atomic E-state index is 12.9. The molecule has 0 atom stereocenters. The van der Waals surface area contributed by atoms with Gasteiger partial charge in [-0.05, 0) is 68.4 Å². The van der Waals surface area contributed by atoms with Crippen LogP contribution >= 0.6 is 0 Å². The van der Waals surface area contributed by atoms with Gasteiger partial charge in [-0.1, -0.05) is 24.3 Å². The Morgan fingerprint density at radius 1 is 1.06 bits per heavy atom. The first kappa shape index (κ1) is 22.3. The van der Waals surface area contributed by atoms with Crippen molar-refractivity contribution >= 4 is 17.9 Å². The first-order valence-corrected chi connectivity index (χ1v) is 10.5. The van der Waals surface area contributed by atoms with E-state index < -0.39 is 0 Å². The number of carbonyl (C=O) groups is 2. The van der Waals surface area contributed by atoms with Gasteiger partial charge in [0.15, 0.2) is 0 Å². The van der Waals surface area contributed by atoms with E-state index in [-0.39, 0.29) is 11.8 Å². The van der Waals surface area contributed by atoms with Gasteiger partial charge in [-0.3, -0.25) is 9.59 Å². The summed E-state index contributed by atoms with van der Waals surface area (Å²) in [7, 11) is 3.95. The fourth-order valence-electron chi connectivity index (χ4n) is 3.01. The number of nitriles is 1. The number of likely N-dealkylation sites (N-methyl/N-ethyl adjacent to an activating group) is 1. The molecule has 1 aliphatic carbocycles. The Morgan fingerprint density at radius 2 is 1.74 bits per heavy atom. The molecule has 6 nitrogen and oxygen atoms in total. The van der Waals surface area contributed by atoms with Crippen LogP contribution in [0.15, 0.2) is 54.6 Å². The van der Waals surface area contributed by atoms with E-state index in [1.54, 1.807) is 41.3 Å². The second-order valence-electron chi connectivity index (χ2n) is 8.07. The van der Waals surface area contributed by atoms with Gasteiger partial charge in [0.05, 0.1) is 11.6 Å². The first-order chi connectivity index (χ1) is 14.9. The van der Waals surface area contributed by atoms with Crippen LogP contribution in [0.2, 0.25) is 0 Å². The molecule has 160 valence electrons. The van der Waals surface area contributed by atoms with Gasteiger partial charge < -0.3 is 15.1 Å². The highest BCUT2D eigenvalue weighted by Crippen LogP contribution is 2.19. The van der Waals surface area contributed by atoms with Crippen LogP contribution in [0.25, 0.3) is 6.08 Å². The Labute approximate surface area is 183 Å². The van der Waals surface area contributed by atoms with Crippen molar-refractivity contribution in [3.63, 3.8) is 0 Å². The van der Waals surface area contributed by atoms with Crippen LogP contribution in [0.1, 0.15) is 39.9 Å². The van der Waals surface area contributed by atoms with E-state index >= 15 is 0 Å². The van der Waals surface area contributed by atoms with Crippen molar-refractivity contribution in [2.45, 2.75) is 25.4 Å². The molecule has 0 unspecified atom stereocenters. The quantitative estimate of drug-likeness (QED) is 0.638. The lowest BCUT2D eigenvalue weighted by atomic mass is 10.1. The number of hydrogen-bond acceptors (Lipinski definition) is 4. The Bertz CT molecular complexity index is 968. The highest BCUT2D eigenvalue weighted by Gasteiger charge is 2.23. The summed E-state index contributed by atoms with van der Waals surface area (Å²) in [5, 5.41) is 11.9. The van der Waals surface area contributed by atoms with E-state index in [0.717, 1.165) is 30.5 Å². The lowest BCUT2D eigenvalue weighted by Gasteiger charge is -2.23. The van der Waals surface area contributed by atoms with Crippen LogP contribution < -0.4 is 5.32 Å². The van der Waals surface area contributed by atoms with Crippen LogP contribution in [0, 0.1) is 11.3 Å². The van der Waals surface area contributed by atoms with E-state index in [0.29, 0.717) is 30.3 Å². The molecule has 2 aromatic carbocycles. The summed E-state index contributed by atoms with van der Waals surface area (Å²) >= 11 is 0. The first-order valence-electron chi connectivity index (χ1n) is 10.5. The molecule has 1 saturated carbocycles. The molecule has 3 rings (SSSR count). The number of rotatable bonds is 9. The third-order valence-corrected chi connectivity index (χ3v) is 5.09. The van der Waals surface area contributed by atoms with Gasteiger partial charge in [0.25, 0.3) is 5.91 Å². The number of nitrogens with one attached hydrogen (secondary N) is 1. The molecule has 0 aliphatic heterocycles. The van der Waals surface area contributed by atoms with Crippen LogP contribution in [0.3, 0.4) is 0 Å². The third-order valence-electron chi connectivity index (χ3n) is 5.09. The second-order valence-corrected chi connectivity index (χ2v) is 8.07. The molecule has 6 heteroatoms. The highest BCUT2D eigenvalue weighted by atomic mass is 16.2. The minimum absolute atomic E-state index is 0.0496. The van der Waals surface area contributed by atoms with Crippen LogP contribution in [-0.4, -0.2) is 54.8 Å². The molecule has 0 heterocycles. The molecule has 1 fully saturated rings. The second kappa shape index (κ2) is 10.6. The monoisotopic (exact) mass is 416 g/mol. The van der Waals surface area contributed by atoms with Crippen molar-refractivity contribution in [3.8, 4) is 6.07 Å². The van der Waals surface area contributed by atoms with Crippen molar-refractivity contribution in [2.75, 3.05) is 27.2 Å². The zero-order valence-corrected chi connectivity index (χ0v) is 18.0. The molecule has 1 aliphatic rings. The normalized spacial score (nSPS) is 13.2. The van der Waals surface area contributed by atoms with Crippen LogP contribution in [-0.2, 0) is 11.3 Å².